The standard InChI is InChI=1S/C60H115NO5/c1-3-5-7-9-11-13-15-17-19-26-30-34-38-42-46-50-54-60(65)66-55-51-47-43-39-35-31-27-23-21-20-22-25-29-33-37-41-45-49-53-59(64)61-57(56-62)58(63)52-48-44-40-36-32-28-24-18-16-14-12-10-8-6-4-2/h22,25,48,52,57-58,62-63H,3-21,23-24,26-47,49-51,53-56H2,1-2H3,(H,61,64)/b25-22-,52-48+. The van der Waals surface area contributed by atoms with Gasteiger partial charge in [0.1, 0.15) is 0 Å². The highest BCUT2D eigenvalue weighted by Gasteiger charge is 2.18. The summed E-state index contributed by atoms with van der Waals surface area (Å²) in [4.78, 5) is 24.5. The van der Waals surface area contributed by atoms with Crippen molar-refractivity contribution < 1.29 is 24.5 Å². The van der Waals surface area contributed by atoms with Crippen LogP contribution in [0.3, 0.4) is 0 Å². The van der Waals surface area contributed by atoms with Crippen LogP contribution in [0.25, 0.3) is 0 Å². The zero-order chi connectivity index (χ0) is 47.9. The van der Waals surface area contributed by atoms with Crippen molar-refractivity contribution in [3.05, 3.63) is 24.3 Å². The van der Waals surface area contributed by atoms with Gasteiger partial charge >= 0.3 is 5.97 Å². The highest BCUT2D eigenvalue weighted by Crippen LogP contribution is 2.17. The van der Waals surface area contributed by atoms with E-state index in [9.17, 15) is 19.8 Å². The molecular weight excluding hydrogens is 815 g/mol. The quantitative estimate of drug-likeness (QED) is 0.0321. The Labute approximate surface area is 411 Å². The smallest absolute Gasteiger partial charge is 0.305 e. The topological polar surface area (TPSA) is 95.9 Å². The maximum atomic E-state index is 12.4. The van der Waals surface area contributed by atoms with Gasteiger partial charge in [0.2, 0.25) is 5.91 Å². The summed E-state index contributed by atoms with van der Waals surface area (Å²) in [5.74, 6) is -0.0752. The Morgan fingerprint density at radius 3 is 1.08 bits per heavy atom. The number of esters is 1. The summed E-state index contributed by atoms with van der Waals surface area (Å²) in [6, 6.07) is -0.637. The SMILES string of the molecule is CCCCCCCCCCCCCCC/C=C/C(O)C(CO)NC(=O)CCCCCCC/C=C\CCCCCCCCCCCOC(=O)CCCCCCCCCCCCCCCCCC. The Hall–Kier alpha value is -1.66. The average Bonchev–Trinajstić information content (AvgIpc) is 3.32. The molecule has 0 spiro atoms. The summed E-state index contributed by atoms with van der Waals surface area (Å²) in [5, 5.41) is 23.1. The lowest BCUT2D eigenvalue weighted by molar-refractivity contribution is -0.143. The molecule has 0 aliphatic rings. The van der Waals surface area contributed by atoms with Crippen LogP contribution in [0.5, 0.6) is 0 Å². The first kappa shape index (κ1) is 64.3. The van der Waals surface area contributed by atoms with Gasteiger partial charge in [-0.3, -0.25) is 9.59 Å². The van der Waals surface area contributed by atoms with E-state index in [4.69, 9.17) is 4.74 Å². The zero-order valence-electron chi connectivity index (χ0n) is 44.4. The largest absolute Gasteiger partial charge is 0.466 e. The number of unbranched alkanes of at least 4 members (excludes halogenated alkanes) is 42. The van der Waals surface area contributed by atoms with Crippen molar-refractivity contribution in [1.82, 2.24) is 5.32 Å². The van der Waals surface area contributed by atoms with Gasteiger partial charge in [-0.1, -0.05) is 276 Å². The van der Waals surface area contributed by atoms with Crippen LogP contribution in [-0.4, -0.2) is 47.4 Å². The monoisotopic (exact) mass is 930 g/mol. The summed E-state index contributed by atoms with van der Waals surface area (Å²) in [6.45, 7) is 4.91. The number of amides is 1. The first-order valence-electron chi connectivity index (χ1n) is 29.6. The van der Waals surface area contributed by atoms with Crippen LogP contribution in [0.4, 0.5) is 0 Å². The number of hydrogen-bond acceptors (Lipinski definition) is 5. The van der Waals surface area contributed by atoms with Crippen molar-refractivity contribution in [2.45, 2.75) is 334 Å². The lowest BCUT2D eigenvalue weighted by Gasteiger charge is -2.20. The lowest BCUT2D eigenvalue weighted by atomic mass is 10.0. The Morgan fingerprint density at radius 1 is 0.409 bits per heavy atom. The van der Waals surface area contributed by atoms with Crippen molar-refractivity contribution in [1.29, 1.82) is 0 Å². The third-order valence-corrected chi connectivity index (χ3v) is 13.7. The van der Waals surface area contributed by atoms with Gasteiger partial charge in [-0.15, -0.1) is 0 Å². The first-order chi connectivity index (χ1) is 32.5. The molecule has 3 N–H and O–H groups in total. The molecule has 0 saturated heterocycles. The molecule has 6 nitrogen and oxygen atoms in total. The van der Waals surface area contributed by atoms with Gasteiger partial charge in [0.15, 0.2) is 0 Å². The Morgan fingerprint density at radius 2 is 0.712 bits per heavy atom. The van der Waals surface area contributed by atoms with E-state index in [2.05, 4.69) is 31.3 Å². The molecule has 0 saturated carbocycles. The molecule has 1 amide bonds. The fourth-order valence-electron chi connectivity index (χ4n) is 9.16. The fraction of sp³-hybridized carbons (Fsp3) is 0.900. The molecule has 2 unspecified atom stereocenters. The highest BCUT2D eigenvalue weighted by atomic mass is 16.5. The highest BCUT2D eigenvalue weighted by molar-refractivity contribution is 5.76. The van der Waals surface area contributed by atoms with E-state index in [1.807, 2.05) is 6.08 Å². The molecule has 0 fully saturated rings. The van der Waals surface area contributed by atoms with E-state index in [1.54, 1.807) is 6.08 Å². The van der Waals surface area contributed by atoms with Crippen LogP contribution in [0.15, 0.2) is 24.3 Å². The molecule has 390 valence electrons. The number of allylic oxidation sites excluding steroid dienone is 3. The number of aliphatic hydroxyl groups excluding tert-OH is 2. The van der Waals surface area contributed by atoms with Crippen LogP contribution >= 0.6 is 0 Å². The van der Waals surface area contributed by atoms with Gasteiger partial charge in [0, 0.05) is 12.8 Å². The second-order valence-corrected chi connectivity index (χ2v) is 20.3. The zero-order valence-corrected chi connectivity index (χ0v) is 44.4. The number of carbonyl (C=O) groups excluding carboxylic acids is 2. The molecule has 0 aromatic carbocycles. The number of ether oxygens (including phenoxy) is 1. The summed E-state index contributed by atoms with van der Waals surface area (Å²) >= 11 is 0. The second-order valence-electron chi connectivity index (χ2n) is 20.3. The summed E-state index contributed by atoms with van der Waals surface area (Å²) in [5.41, 5.74) is 0. The van der Waals surface area contributed by atoms with Crippen molar-refractivity contribution in [2.24, 2.45) is 0 Å². The Bertz CT molecular complexity index is 1030. The molecule has 66 heavy (non-hydrogen) atoms. The molecule has 0 aromatic rings. The second kappa shape index (κ2) is 55.9. The minimum absolute atomic E-state index is 0.00574. The van der Waals surface area contributed by atoms with Gasteiger partial charge in [-0.2, -0.15) is 0 Å². The fourth-order valence-corrected chi connectivity index (χ4v) is 9.16. The maximum Gasteiger partial charge on any atom is 0.305 e. The van der Waals surface area contributed by atoms with Gasteiger partial charge in [-0.25, -0.2) is 0 Å². The van der Waals surface area contributed by atoms with Gasteiger partial charge in [0.05, 0.1) is 25.4 Å². The van der Waals surface area contributed by atoms with Crippen molar-refractivity contribution in [3.8, 4) is 0 Å². The van der Waals surface area contributed by atoms with Gasteiger partial charge < -0.3 is 20.3 Å². The Balaban J connectivity index is 3.45. The summed E-state index contributed by atoms with van der Waals surface area (Å²) in [7, 11) is 0. The van der Waals surface area contributed by atoms with Crippen LogP contribution < -0.4 is 5.32 Å². The molecule has 0 aliphatic carbocycles. The molecule has 0 rings (SSSR count). The van der Waals surface area contributed by atoms with Gasteiger partial charge in [0.25, 0.3) is 0 Å². The van der Waals surface area contributed by atoms with Crippen LogP contribution in [0.1, 0.15) is 322 Å². The van der Waals surface area contributed by atoms with E-state index in [-0.39, 0.29) is 18.5 Å². The van der Waals surface area contributed by atoms with Crippen LogP contribution in [-0.2, 0) is 14.3 Å². The first-order valence-corrected chi connectivity index (χ1v) is 29.6. The van der Waals surface area contributed by atoms with E-state index >= 15 is 0 Å². The van der Waals surface area contributed by atoms with E-state index in [0.29, 0.717) is 19.4 Å². The molecule has 0 bridgehead atoms. The molecule has 6 heteroatoms. The van der Waals surface area contributed by atoms with Crippen LogP contribution in [0, 0.1) is 0 Å². The number of nitrogens with one attached hydrogen (secondary N) is 1. The minimum atomic E-state index is -0.852. The number of aliphatic hydroxyl groups is 2. The Kier molecular flexibility index (Phi) is 54.5. The lowest BCUT2D eigenvalue weighted by Crippen LogP contribution is -2.45. The summed E-state index contributed by atoms with van der Waals surface area (Å²) < 4.78 is 5.48. The minimum Gasteiger partial charge on any atom is -0.466 e. The van der Waals surface area contributed by atoms with E-state index in [1.165, 1.54) is 238 Å². The third kappa shape index (κ3) is 51.7. The summed E-state index contributed by atoms with van der Waals surface area (Å²) in [6.07, 6.45) is 67.7. The van der Waals surface area contributed by atoms with Crippen molar-refractivity contribution >= 4 is 11.9 Å². The van der Waals surface area contributed by atoms with Crippen LogP contribution in [0.2, 0.25) is 0 Å². The number of carbonyl (C=O) groups is 2. The van der Waals surface area contributed by atoms with Crippen molar-refractivity contribution in [3.63, 3.8) is 0 Å². The number of rotatable bonds is 55. The molecule has 2 atom stereocenters. The van der Waals surface area contributed by atoms with Crippen molar-refractivity contribution in [2.75, 3.05) is 13.2 Å². The predicted octanol–water partition coefficient (Wildman–Crippen LogP) is 18.2. The predicted molar refractivity (Wildman–Crippen MR) is 287 cm³/mol. The normalized spacial score (nSPS) is 12.7. The molecule has 0 radical (unpaired) electrons. The molecule has 0 aliphatic heterocycles. The number of hydrogen-bond donors (Lipinski definition) is 3. The average molecular weight is 931 g/mol. The molecule has 0 aromatic heterocycles. The third-order valence-electron chi connectivity index (χ3n) is 13.7. The van der Waals surface area contributed by atoms with E-state index in [0.717, 1.165) is 57.8 Å². The van der Waals surface area contributed by atoms with Gasteiger partial charge in [-0.05, 0) is 57.8 Å². The molecule has 0 heterocycles. The maximum absolute atomic E-state index is 12.4. The molecular formula is C60H115NO5. The van der Waals surface area contributed by atoms with E-state index < -0.39 is 12.1 Å².